The molecule has 0 amide bonds. The van der Waals surface area contributed by atoms with Gasteiger partial charge in [-0.05, 0) is 12.8 Å². The Morgan fingerprint density at radius 2 is 2.08 bits per heavy atom. The first-order valence-electron chi connectivity index (χ1n) is 4.45. The predicted molar refractivity (Wildman–Crippen MR) is 47.9 cm³/mol. The summed E-state index contributed by atoms with van der Waals surface area (Å²) in [6, 6.07) is -0.221. The molecule has 0 aromatic carbocycles. The topological polar surface area (TPSA) is 90.7 Å². The van der Waals surface area contributed by atoms with Crippen LogP contribution in [0.2, 0.25) is 0 Å². The van der Waals surface area contributed by atoms with Gasteiger partial charge in [-0.25, -0.2) is 0 Å². The molecule has 5 nitrogen and oxygen atoms in total. The van der Waals surface area contributed by atoms with Crippen LogP contribution in [-0.2, 0) is 9.47 Å². The van der Waals surface area contributed by atoms with E-state index in [9.17, 15) is 5.11 Å². The zero-order chi connectivity index (χ0) is 9.84. The Balaban J connectivity index is 2.41. The number of hydrogen-bond donors (Lipinski definition) is 3. The first-order chi connectivity index (χ1) is 6.15. The maximum Gasteiger partial charge on any atom is 0.146 e. The van der Waals surface area contributed by atoms with Crippen LogP contribution in [0.5, 0.6) is 0 Å². The molecule has 13 heavy (non-hydrogen) atoms. The molecule has 1 rings (SSSR count). The second kappa shape index (κ2) is 4.88. The summed E-state index contributed by atoms with van der Waals surface area (Å²) in [5.41, 5.74) is 11.5. The van der Waals surface area contributed by atoms with E-state index in [4.69, 9.17) is 20.9 Å². The first kappa shape index (κ1) is 10.9. The number of methoxy groups -OCH3 is 1. The lowest BCUT2D eigenvalue weighted by Gasteiger charge is -2.35. The van der Waals surface area contributed by atoms with Gasteiger partial charge in [-0.3, -0.25) is 0 Å². The highest BCUT2D eigenvalue weighted by molar-refractivity contribution is 4.91. The lowest BCUT2D eigenvalue weighted by atomic mass is 9.87. The van der Waals surface area contributed by atoms with Crippen molar-refractivity contribution in [2.45, 2.75) is 37.1 Å². The van der Waals surface area contributed by atoms with Gasteiger partial charge in [-0.15, -0.1) is 0 Å². The summed E-state index contributed by atoms with van der Waals surface area (Å²) in [4.78, 5) is 0. The highest BCUT2D eigenvalue weighted by Crippen LogP contribution is 2.19. The van der Waals surface area contributed by atoms with E-state index in [1.54, 1.807) is 0 Å². The molecule has 0 aromatic rings. The van der Waals surface area contributed by atoms with Crippen LogP contribution in [0.4, 0.5) is 0 Å². The fourth-order valence-corrected chi connectivity index (χ4v) is 1.69. The van der Waals surface area contributed by atoms with E-state index in [1.807, 2.05) is 0 Å². The van der Waals surface area contributed by atoms with Crippen molar-refractivity contribution in [2.24, 2.45) is 11.5 Å². The predicted octanol–water partition coefficient (Wildman–Crippen LogP) is -1.22. The Morgan fingerprint density at radius 1 is 1.38 bits per heavy atom. The normalized spacial score (nSPS) is 40.6. The van der Waals surface area contributed by atoms with E-state index in [2.05, 4.69) is 0 Å². The molecule has 2 unspecified atom stereocenters. The van der Waals surface area contributed by atoms with Crippen LogP contribution in [0.3, 0.4) is 0 Å². The maximum atomic E-state index is 9.60. The third-order valence-corrected chi connectivity index (χ3v) is 2.30. The van der Waals surface area contributed by atoms with Crippen LogP contribution in [0, 0.1) is 0 Å². The zero-order valence-corrected chi connectivity index (χ0v) is 7.85. The average Bonchev–Trinajstić information content (AvgIpc) is 2.02. The van der Waals surface area contributed by atoms with E-state index in [0.29, 0.717) is 12.8 Å². The molecule has 1 aliphatic carbocycles. The molecule has 1 saturated carbocycles. The Morgan fingerprint density at radius 3 is 2.62 bits per heavy atom. The molecule has 5 N–H and O–H groups in total. The lowest BCUT2D eigenvalue weighted by Crippen LogP contribution is -2.54. The van der Waals surface area contributed by atoms with Crippen molar-refractivity contribution in [2.75, 3.05) is 13.9 Å². The second-order valence-electron chi connectivity index (χ2n) is 3.50. The van der Waals surface area contributed by atoms with Crippen LogP contribution in [0.15, 0.2) is 0 Å². The van der Waals surface area contributed by atoms with Gasteiger partial charge in [0.05, 0.1) is 6.10 Å². The third-order valence-electron chi connectivity index (χ3n) is 2.30. The summed E-state index contributed by atoms with van der Waals surface area (Å²) >= 11 is 0. The Bertz CT molecular complexity index is 144. The van der Waals surface area contributed by atoms with Gasteiger partial charge in [0.25, 0.3) is 0 Å². The fraction of sp³-hybridized carbons (Fsp3) is 1.00. The molecule has 0 radical (unpaired) electrons. The summed E-state index contributed by atoms with van der Waals surface area (Å²) in [5, 5.41) is 9.60. The van der Waals surface area contributed by atoms with Crippen LogP contribution < -0.4 is 11.5 Å². The smallest absolute Gasteiger partial charge is 0.146 e. The number of ether oxygens (including phenoxy) is 2. The zero-order valence-electron chi connectivity index (χ0n) is 7.85. The van der Waals surface area contributed by atoms with E-state index in [0.717, 1.165) is 0 Å². The molecule has 0 spiro atoms. The highest BCUT2D eigenvalue weighted by Gasteiger charge is 2.34. The van der Waals surface area contributed by atoms with Gasteiger partial charge in [0, 0.05) is 19.2 Å². The Kier molecular flexibility index (Phi) is 4.08. The third kappa shape index (κ3) is 2.89. The van der Waals surface area contributed by atoms with Crippen LogP contribution in [-0.4, -0.2) is 43.3 Å². The second-order valence-corrected chi connectivity index (χ2v) is 3.50. The molecule has 1 fully saturated rings. The van der Waals surface area contributed by atoms with Gasteiger partial charge < -0.3 is 26.0 Å². The van der Waals surface area contributed by atoms with Gasteiger partial charge >= 0.3 is 0 Å². The molecule has 4 atom stereocenters. The number of aliphatic hydroxyl groups is 1. The quantitative estimate of drug-likeness (QED) is 0.485. The summed E-state index contributed by atoms with van der Waals surface area (Å²) in [5.74, 6) is 0. The number of rotatable bonds is 3. The molecular formula is C8H18N2O3. The lowest BCUT2D eigenvalue weighted by molar-refractivity contribution is -0.132. The molecule has 5 heteroatoms. The molecule has 1 aliphatic rings. The molecule has 78 valence electrons. The van der Waals surface area contributed by atoms with E-state index in [1.165, 1.54) is 7.11 Å². The van der Waals surface area contributed by atoms with Gasteiger partial charge in [0.15, 0.2) is 0 Å². The maximum absolute atomic E-state index is 9.60. The average molecular weight is 190 g/mol. The minimum atomic E-state index is -0.575. The number of nitrogens with two attached hydrogens (primary N) is 2. The molecule has 0 saturated heterocycles. The van der Waals surface area contributed by atoms with Crippen molar-refractivity contribution in [3.8, 4) is 0 Å². The minimum Gasteiger partial charge on any atom is -0.390 e. The van der Waals surface area contributed by atoms with E-state index >= 15 is 0 Å². The van der Waals surface area contributed by atoms with E-state index in [-0.39, 0.29) is 25.0 Å². The number of aliphatic hydroxyl groups excluding tert-OH is 1. The standard InChI is InChI=1S/C8H18N2O3/c1-12-4-13-8-6(10)2-5(9)3-7(8)11/h5-8,11H,2-4,9-10H2,1H3/t5-,6?,7?,8-/m1/s1. The molecule has 0 aromatic heterocycles. The van der Waals surface area contributed by atoms with Gasteiger partial charge in [-0.2, -0.15) is 0 Å². The van der Waals surface area contributed by atoms with Crippen molar-refractivity contribution >= 4 is 0 Å². The monoisotopic (exact) mass is 190 g/mol. The molecule has 0 heterocycles. The van der Waals surface area contributed by atoms with Crippen molar-refractivity contribution in [3.05, 3.63) is 0 Å². The Labute approximate surface area is 78.0 Å². The summed E-state index contributed by atoms with van der Waals surface area (Å²) in [7, 11) is 1.53. The van der Waals surface area contributed by atoms with Crippen LogP contribution in [0.25, 0.3) is 0 Å². The van der Waals surface area contributed by atoms with Gasteiger partial charge in [0.2, 0.25) is 0 Å². The van der Waals surface area contributed by atoms with Crippen LogP contribution >= 0.6 is 0 Å². The fourth-order valence-electron chi connectivity index (χ4n) is 1.69. The highest BCUT2D eigenvalue weighted by atomic mass is 16.7. The van der Waals surface area contributed by atoms with Gasteiger partial charge in [0.1, 0.15) is 12.9 Å². The van der Waals surface area contributed by atoms with Crippen molar-refractivity contribution < 1.29 is 14.6 Å². The summed E-state index contributed by atoms with van der Waals surface area (Å²) in [6.07, 6.45) is 0.307. The molecule has 0 aliphatic heterocycles. The summed E-state index contributed by atoms with van der Waals surface area (Å²) < 4.78 is 10.0. The van der Waals surface area contributed by atoms with Crippen molar-refractivity contribution in [1.29, 1.82) is 0 Å². The molecular weight excluding hydrogens is 172 g/mol. The molecule has 0 bridgehead atoms. The van der Waals surface area contributed by atoms with Crippen molar-refractivity contribution in [3.63, 3.8) is 0 Å². The minimum absolute atomic E-state index is 0.0209. The largest absolute Gasteiger partial charge is 0.390 e. The van der Waals surface area contributed by atoms with E-state index < -0.39 is 6.10 Å². The first-order valence-corrected chi connectivity index (χ1v) is 4.45. The number of hydrogen-bond acceptors (Lipinski definition) is 5. The van der Waals surface area contributed by atoms with Crippen LogP contribution in [0.1, 0.15) is 12.8 Å². The SMILES string of the molecule is COCO[C@@H]1C(N)C[C@@H](N)CC1O. The van der Waals surface area contributed by atoms with Gasteiger partial charge in [-0.1, -0.05) is 0 Å². The summed E-state index contributed by atoms with van der Waals surface area (Å²) in [6.45, 7) is 0.157. The van der Waals surface area contributed by atoms with Crippen molar-refractivity contribution in [1.82, 2.24) is 0 Å². The Hall–Kier alpha value is -0.200.